The van der Waals surface area contributed by atoms with Crippen LogP contribution in [0, 0.1) is 0 Å². The summed E-state index contributed by atoms with van der Waals surface area (Å²) in [6.07, 6.45) is 4.60. The van der Waals surface area contributed by atoms with Gasteiger partial charge < -0.3 is 10.2 Å². The second kappa shape index (κ2) is 3.20. The van der Waals surface area contributed by atoms with Gasteiger partial charge in [-0.15, -0.1) is 10.2 Å². The first-order chi connectivity index (χ1) is 7.36. The van der Waals surface area contributed by atoms with Gasteiger partial charge in [-0.3, -0.25) is 4.57 Å². The summed E-state index contributed by atoms with van der Waals surface area (Å²) in [5, 5.41) is 8.27. The van der Waals surface area contributed by atoms with Gasteiger partial charge in [-0.1, -0.05) is 0 Å². The number of fused-ring (bicyclic) bond motifs is 1. The van der Waals surface area contributed by atoms with Crippen molar-refractivity contribution in [3.8, 4) is 11.6 Å². The molecule has 1 aliphatic rings. The zero-order valence-electron chi connectivity index (χ0n) is 8.26. The Morgan fingerprint density at radius 1 is 1.47 bits per heavy atom. The van der Waals surface area contributed by atoms with E-state index < -0.39 is 0 Å². The molecule has 5 nitrogen and oxygen atoms in total. The maximum absolute atomic E-state index is 6.04. The van der Waals surface area contributed by atoms with E-state index in [9.17, 15) is 0 Å². The highest BCUT2D eigenvalue weighted by Gasteiger charge is 2.23. The van der Waals surface area contributed by atoms with E-state index in [0.29, 0.717) is 0 Å². The molecule has 0 aliphatic carbocycles. The van der Waals surface area contributed by atoms with Crippen LogP contribution in [-0.2, 0) is 6.42 Å². The zero-order chi connectivity index (χ0) is 10.3. The van der Waals surface area contributed by atoms with Crippen molar-refractivity contribution in [2.75, 3.05) is 0 Å². The molecule has 3 heterocycles. The van der Waals surface area contributed by atoms with E-state index in [4.69, 9.17) is 10.2 Å². The first-order valence-corrected chi connectivity index (χ1v) is 5.09. The normalized spacial score (nSPS) is 20.2. The van der Waals surface area contributed by atoms with Crippen LogP contribution in [0.25, 0.3) is 11.6 Å². The lowest BCUT2D eigenvalue weighted by Gasteiger charge is -2.21. The molecular weight excluding hydrogens is 192 g/mol. The molecule has 0 amide bonds. The third-order valence-corrected chi connectivity index (χ3v) is 2.74. The summed E-state index contributed by atoms with van der Waals surface area (Å²) in [6.45, 7) is 0. The van der Waals surface area contributed by atoms with Crippen molar-refractivity contribution in [2.24, 2.45) is 5.73 Å². The largest absolute Gasteiger partial charge is 0.461 e. The van der Waals surface area contributed by atoms with Gasteiger partial charge in [0.15, 0.2) is 5.76 Å². The molecule has 0 radical (unpaired) electrons. The Bertz CT molecular complexity index is 460. The van der Waals surface area contributed by atoms with Crippen LogP contribution in [0.15, 0.2) is 22.8 Å². The molecule has 5 heteroatoms. The topological polar surface area (TPSA) is 69.9 Å². The van der Waals surface area contributed by atoms with E-state index in [1.54, 1.807) is 6.26 Å². The molecule has 0 saturated heterocycles. The minimum absolute atomic E-state index is 0.0242. The van der Waals surface area contributed by atoms with Crippen molar-refractivity contribution in [1.29, 1.82) is 0 Å². The van der Waals surface area contributed by atoms with E-state index in [1.807, 2.05) is 16.7 Å². The number of furan rings is 1. The van der Waals surface area contributed by atoms with Gasteiger partial charge in [-0.05, 0) is 25.0 Å². The molecule has 3 rings (SSSR count). The van der Waals surface area contributed by atoms with Gasteiger partial charge in [0, 0.05) is 6.42 Å². The van der Waals surface area contributed by atoms with E-state index in [2.05, 4.69) is 10.2 Å². The van der Waals surface area contributed by atoms with Gasteiger partial charge in [0.25, 0.3) is 0 Å². The lowest BCUT2D eigenvalue weighted by Crippen LogP contribution is -2.25. The summed E-state index contributed by atoms with van der Waals surface area (Å²) in [7, 11) is 0. The molecule has 1 atom stereocenters. The fourth-order valence-electron chi connectivity index (χ4n) is 2.01. The SMILES string of the molecule is NC1CCCc2nnc(-c3ccco3)n21. The molecular formula is C10H12N4O. The van der Waals surface area contributed by atoms with E-state index in [-0.39, 0.29) is 6.17 Å². The minimum Gasteiger partial charge on any atom is -0.461 e. The molecule has 0 aromatic carbocycles. The first-order valence-electron chi connectivity index (χ1n) is 5.09. The van der Waals surface area contributed by atoms with Crippen molar-refractivity contribution in [3.05, 3.63) is 24.2 Å². The number of nitrogens with two attached hydrogens (primary N) is 1. The van der Waals surface area contributed by atoms with Crippen LogP contribution in [0.4, 0.5) is 0 Å². The van der Waals surface area contributed by atoms with Crippen LogP contribution in [0.5, 0.6) is 0 Å². The van der Waals surface area contributed by atoms with Crippen LogP contribution in [-0.4, -0.2) is 14.8 Å². The van der Waals surface area contributed by atoms with Crippen molar-refractivity contribution >= 4 is 0 Å². The Morgan fingerprint density at radius 3 is 3.20 bits per heavy atom. The van der Waals surface area contributed by atoms with Gasteiger partial charge in [0.05, 0.1) is 12.4 Å². The molecule has 2 N–H and O–H groups in total. The molecule has 78 valence electrons. The Morgan fingerprint density at radius 2 is 2.40 bits per heavy atom. The van der Waals surface area contributed by atoms with Gasteiger partial charge in [0.1, 0.15) is 5.82 Å². The Balaban J connectivity index is 2.14. The number of hydrogen-bond acceptors (Lipinski definition) is 4. The summed E-state index contributed by atoms with van der Waals surface area (Å²) in [6, 6.07) is 3.71. The average molecular weight is 204 g/mol. The number of rotatable bonds is 1. The van der Waals surface area contributed by atoms with Gasteiger partial charge in [-0.25, -0.2) is 0 Å². The van der Waals surface area contributed by atoms with Crippen LogP contribution >= 0.6 is 0 Å². The molecule has 0 fully saturated rings. The lowest BCUT2D eigenvalue weighted by molar-refractivity contribution is 0.408. The van der Waals surface area contributed by atoms with Crippen LogP contribution in [0.3, 0.4) is 0 Å². The Labute approximate surface area is 86.9 Å². The molecule has 1 aliphatic heterocycles. The lowest BCUT2D eigenvalue weighted by atomic mass is 10.1. The predicted molar refractivity (Wildman–Crippen MR) is 53.9 cm³/mol. The maximum atomic E-state index is 6.04. The summed E-state index contributed by atoms with van der Waals surface area (Å²) < 4.78 is 7.29. The zero-order valence-corrected chi connectivity index (χ0v) is 8.26. The number of nitrogens with zero attached hydrogens (tertiary/aromatic N) is 3. The van der Waals surface area contributed by atoms with Crippen LogP contribution in [0.1, 0.15) is 24.8 Å². The van der Waals surface area contributed by atoms with Gasteiger partial charge >= 0.3 is 0 Å². The summed E-state index contributed by atoms with van der Waals surface area (Å²) in [4.78, 5) is 0. The Hall–Kier alpha value is -1.62. The molecule has 2 aromatic heterocycles. The smallest absolute Gasteiger partial charge is 0.201 e. The van der Waals surface area contributed by atoms with Crippen molar-refractivity contribution in [3.63, 3.8) is 0 Å². The summed E-state index contributed by atoms with van der Waals surface area (Å²) >= 11 is 0. The fraction of sp³-hybridized carbons (Fsp3) is 0.400. The highest BCUT2D eigenvalue weighted by molar-refractivity contribution is 5.47. The number of hydrogen-bond donors (Lipinski definition) is 1. The quantitative estimate of drug-likeness (QED) is 0.760. The standard InChI is InChI=1S/C10H12N4O/c11-8-4-1-5-9-12-13-10(14(8)9)7-3-2-6-15-7/h2-3,6,8H,1,4-5,11H2. The number of aromatic nitrogens is 3. The van der Waals surface area contributed by atoms with Crippen molar-refractivity contribution in [1.82, 2.24) is 14.8 Å². The monoisotopic (exact) mass is 204 g/mol. The first kappa shape index (κ1) is 8.67. The molecule has 1 unspecified atom stereocenters. The molecule has 0 saturated carbocycles. The minimum atomic E-state index is -0.0242. The van der Waals surface area contributed by atoms with Crippen LogP contribution < -0.4 is 5.73 Å². The van der Waals surface area contributed by atoms with Crippen molar-refractivity contribution in [2.45, 2.75) is 25.4 Å². The molecule has 0 spiro atoms. The number of aryl methyl sites for hydroxylation is 1. The third kappa shape index (κ3) is 1.27. The fourth-order valence-corrected chi connectivity index (χ4v) is 2.01. The Kier molecular flexibility index (Phi) is 1.85. The third-order valence-electron chi connectivity index (χ3n) is 2.74. The highest BCUT2D eigenvalue weighted by Crippen LogP contribution is 2.27. The summed E-state index contributed by atoms with van der Waals surface area (Å²) in [5.74, 6) is 2.42. The van der Waals surface area contributed by atoms with E-state index >= 15 is 0 Å². The molecule has 15 heavy (non-hydrogen) atoms. The second-order valence-electron chi connectivity index (χ2n) is 3.75. The highest BCUT2D eigenvalue weighted by atomic mass is 16.3. The van der Waals surface area contributed by atoms with Crippen molar-refractivity contribution < 1.29 is 4.42 Å². The summed E-state index contributed by atoms with van der Waals surface area (Å²) in [5.41, 5.74) is 6.04. The average Bonchev–Trinajstić information content (AvgIpc) is 2.85. The van der Waals surface area contributed by atoms with Gasteiger partial charge in [0.2, 0.25) is 5.82 Å². The maximum Gasteiger partial charge on any atom is 0.201 e. The molecule has 2 aromatic rings. The van der Waals surface area contributed by atoms with E-state index in [1.165, 1.54) is 0 Å². The van der Waals surface area contributed by atoms with E-state index in [0.717, 1.165) is 36.7 Å². The predicted octanol–water partition coefficient (Wildman–Crippen LogP) is 1.33. The van der Waals surface area contributed by atoms with Crippen LogP contribution in [0.2, 0.25) is 0 Å². The second-order valence-corrected chi connectivity index (χ2v) is 3.75. The van der Waals surface area contributed by atoms with Gasteiger partial charge in [-0.2, -0.15) is 0 Å². The molecule has 0 bridgehead atoms.